The number of halogens is 3. The number of nitrogens with one attached hydrogen (secondary N) is 1. The molecule has 0 saturated heterocycles. The van der Waals surface area contributed by atoms with Gasteiger partial charge in [-0.05, 0) is 35.6 Å². The SMILES string of the molecule is CC(=O)Nc1cc(C(F)(F)F)cc(C2(Oc3ccccc3)C=NN=N2)c1. The van der Waals surface area contributed by atoms with Crippen LogP contribution in [0.5, 0.6) is 5.75 Å². The fourth-order valence-electron chi connectivity index (χ4n) is 2.40. The lowest BCUT2D eigenvalue weighted by molar-refractivity contribution is -0.137. The first-order valence-electron chi connectivity index (χ1n) is 7.49. The van der Waals surface area contributed by atoms with Crippen LogP contribution in [-0.2, 0) is 16.7 Å². The van der Waals surface area contributed by atoms with Crippen molar-refractivity contribution in [2.45, 2.75) is 18.8 Å². The van der Waals surface area contributed by atoms with Crippen LogP contribution in [0.4, 0.5) is 18.9 Å². The van der Waals surface area contributed by atoms with Crippen LogP contribution in [0.2, 0.25) is 0 Å². The molecule has 6 nitrogen and oxygen atoms in total. The average Bonchev–Trinajstić information content (AvgIpc) is 3.04. The monoisotopic (exact) mass is 362 g/mol. The Kier molecular flexibility index (Phi) is 4.45. The smallest absolute Gasteiger partial charge is 0.416 e. The van der Waals surface area contributed by atoms with Gasteiger partial charge in [0, 0.05) is 18.2 Å². The van der Waals surface area contributed by atoms with Crippen molar-refractivity contribution < 1.29 is 22.7 Å². The number of anilines is 1. The van der Waals surface area contributed by atoms with Crippen LogP contribution in [0.15, 0.2) is 64.0 Å². The van der Waals surface area contributed by atoms with Crippen LogP contribution in [-0.4, -0.2) is 12.1 Å². The summed E-state index contributed by atoms with van der Waals surface area (Å²) in [4.78, 5) is 11.3. The number of alkyl halides is 3. The maximum atomic E-state index is 13.3. The lowest BCUT2D eigenvalue weighted by Crippen LogP contribution is -2.31. The van der Waals surface area contributed by atoms with Crippen LogP contribution >= 0.6 is 0 Å². The van der Waals surface area contributed by atoms with E-state index in [1.54, 1.807) is 30.3 Å². The maximum Gasteiger partial charge on any atom is 0.416 e. The van der Waals surface area contributed by atoms with Crippen molar-refractivity contribution in [2.24, 2.45) is 15.4 Å². The predicted molar refractivity (Wildman–Crippen MR) is 87.8 cm³/mol. The summed E-state index contributed by atoms with van der Waals surface area (Å²) in [6.45, 7) is 1.20. The summed E-state index contributed by atoms with van der Waals surface area (Å²) >= 11 is 0. The fourth-order valence-corrected chi connectivity index (χ4v) is 2.40. The number of ether oxygens (including phenoxy) is 1. The van der Waals surface area contributed by atoms with Crippen molar-refractivity contribution in [3.8, 4) is 5.75 Å². The third-order valence-corrected chi connectivity index (χ3v) is 3.49. The fraction of sp³-hybridized carbons (Fsp3) is 0.176. The van der Waals surface area contributed by atoms with Crippen molar-refractivity contribution in [2.75, 3.05) is 5.32 Å². The van der Waals surface area contributed by atoms with Gasteiger partial charge >= 0.3 is 6.18 Å². The second kappa shape index (κ2) is 6.58. The number of carbonyl (C=O) groups excluding carboxylic acids is 1. The molecule has 3 rings (SSSR count). The summed E-state index contributed by atoms with van der Waals surface area (Å²) in [5, 5.41) is 13.4. The Morgan fingerprint density at radius 3 is 2.46 bits per heavy atom. The summed E-state index contributed by atoms with van der Waals surface area (Å²) in [5.41, 5.74) is -2.61. The highest BCUT2D eigenvalue weighted by Gasteiger charge is 2.40. The Hall–Kier alpha value is -3.23. The Morgan fingerprint density at radius 1 is 1.15 bits per heavy atom. The zero-order chi connectivity index (χ0) is 18.8. The first-order valence-corrected chi connectivity index (χ1v) is 7.49. The molecule has 0 bridgehead atoms. The van der Waals surface area contributed by atoms with Gasteiger partial charge in [0.15, 0.2) is 0 Å². The van der Waals surface area contributed by atoms with Gasteiger partial charge in [-0.1, -0.05) is 18.2 Å². The van der Waals surface area contributed by atoms with Gasteiger partial charge in [-0.15, -0.1) is 10.2 Å². The first kappa shape index (κ1) is 17.6. The number of benzene rings is 2. The van der Waals surface area contributed by atoms with Crippen molar-refractivity contribution >= 4 is 17.8 Å². The van der Waals surface area contributed by atoms with Gasteiger partial charge in [-0.3, -0.25) is 4.79 Å². The molecule has 0 aromatic heterocycles. The molecule has 1 N–H and O–H groups in total. The molecular weight excluding hydrogens is 349 g/mol. The number of nitrogens with zero attached hydrogens (tertiary/aromatic N) is 3. The minimum Gasteiger partial charge on any atom is -0.455 e. The van der Waals surface area contributed by atoms with Crippen LogP contribution in [0.1, 0.15) is 18.1 Å². The molecule has 9 heteroatoms. The lowest BCUT2D eigenvalue weighted by Gasteiger charge is -2.25. The van der Waals surface area contributed by atoms with Gasteiger partial charge in [-0.25, -0.2) is 0 Å². The highest BCUT2D eigenvalue weighted by Crippen LogP contribution is 2.38. The molecule has 26 heavy (non-hydrogen) atoms. The zero-order valence-corrected chi connectivity index (χ0v) is 13.5. The molecule has 0 aliphatic carbocycles. The lowest BCUT2D eigenvalue weighted by atomic mass is 10.00. The quantitative estimate of drug-likeness (QED) is 0.878. The standard InChI is InChI=1S/C17H13F3N4O2/c1-11(25)22-14-8-12(7-13(9-14)17(18,19)20)16(10-21-24-23-16)26-15-5-3-2-4-6-15/h2-10H,1H3,(H,22,25). The summed E-state index contributed by atoms with van der Waals surface area (Å²) in [7, 11) is 0. The summed E-state index contributed by atoms with van der Waals surface area (Å²) < 4.78 is 45.6. The van der Waals surface area contributed by atoms with Crippen LogP contribution in [0.3, 0.4) is 0 Å². The van der Waals surface area contributed by atoms with E-state index in [4.69, 9.17) is 4.74 Å². The number of hydrogen-bond donors (Lipinski definition) is 1. The van der Waals surface area contributed by atoms with E-state index in [0.29, 0.717) is 5.75 Å². The molecular formula is C17H13F3N4O2. The van der Waals surface area contributed by atoms with Crippen LogP contribution in [0.25, 0.3) is 0 Å². The second-order valence-electron chi connectivity index (χ2n) is 5.52. The van der Waals surface area contributed by atoms with Gasteiger partial charge < -0.3 is 10.1 Å². The molecule has 1 aliphatic rings. The molecule has 0 radical (unpaired) electrons. The molecule has 1 heterocycles. The van der Waals surface area contributed by atoms with Gasteiger partial charge in [0.1, 0.15) is 12.0 Å². The topological polar surface area (TPSA) is 75.4 Å². The van der Waals surface area contributed by atoms with E-state index in [-0.39, 0.29) is 11.3 Å². The minimum atomic E-state index is -4.62. The Bertz CT molecular complexity index is 867. The van der Waals surface area contributed by atoms with E-state index >= 15 is 0 Å². The molecule has 1 amide bonds. The third-order valence-electron chi connectivity index (χ3n) is 3.49. The van der Waals surface area contributed by atoms with Gasteiger partial charge in [0.25, 0.3) is 5.72 Å². The number of amides is 1. The van der Waals surface area contributed by atoms with E-state index in [9.17, 15) is 18.0 Å². The van der Waals surface area contributed by atoms with Crippen molar-refractivity contribution in [3.05, 3.63) is 59.7 Å². The Labute approximate surface area is 146 Å². The van der Waals surface area contributed by atoms with E-state index in [1.165, 1.54) is 19.2 Å². The van der Waals surface area contributed by atoms with Crippen molar-refractivity contribution in [1.29, 1.82) is 0 Å². The van der Waals surface area contributed by atoms with Crippen molar-refractivity contribution in [3.63, 3.8) is 0 Å². The second-order valence-corrected chi connectivity index (χ2v) is 5.52. The van der Waals surface area contributed by atoms with Crippen LogP contribution < -0.4 is 10.1 Å². The average molecular weight is 362 g/mol. The molecule has 134 valence electrons. The molecule has 0 fully saturated rings. The van der Waals surface area contributed by atoms with Crippen LogP contribution in [0, 0.1) is 0 Å². The molecule has 0 saturated carbocycles. The Morgan fingerprint density at radius 2 is 1.88 bits per heavy atom. The predicted octanol–water partition coefficient (Wildman–Crippen LogP) is 4.35. The molecule has 2 aromatic rings. The summed E-state index contributed by atoms with van der Waals surface area (Å²) in [6.07, 6.45) is -3.42. The molecule has 1 atom stereocenters. The number of carbonyl (C=O) groups is 1. The maximum absolute atomic E-state index is 13.3. The van der Waals surface area contributed by atoms with Gasteiger partial charge in [-0.2, -0.15) is 13.2 Å². The molecule has 1 aliphatic heterocycles. The summed E-state index contributed by atoms with van der Waals surface area (Å²) in [6, 6.07) is 11.5. The third kappa shape index (κ3) is 3.71. The molecule has 1 unspecified atom stereocenters. The van der Waals surface area contributed by atoms with E-state index in [0.717, 1.165) is 12.1 Å². The molecule has 0 spiro atoms. The van der Waals surface area contributed by atoms with Crippen molar-refractivity contribution in [1.82, 2.24) is 0 Å². The van der Waals surface area contributed by atoms with Gasteiger partial charge in [0.05, 0.1) is 5.56 Å². The minimum absolute atomic E-state index is 0.0323. The van der Waals surface area contributed by atoms with E-state index in [2.05, 4.69) is 20.8 Å². The number of rotatable bonds is 4. The number of para-hydroxylation sites is 1. The summed E-state index contributed by atoms with van der Waals surface area (Å²) in [5.74, 6) is -0.131. The highest BCUT2D eigenvalue weighted by atomic mass is 19.4. The molecule has 2 aromatic carbocycles. The zero-order valence-electron chi connectivity index (χ0n) is 13.5. The first-order chi connectivity index (χ1) is 12.3. The largest absolute Gasteiger partial charge is 0.455 e. The normalized spacial score (nSPS) is 18.8. The van der Waals surface area contributed by atoms with Gasteiger partial charge in [0.2, 0.25) is 5.91 Å². The van der Waals surface area contributed by atoms with E-state index < -0.39 is 23.4 Å². The number of hydrogen-bond acceptors (Lipinski definition) is 5. The Balaban J connectivity index is 2.10. The van der Waals surface area contributed by atoms with E-state index in [1.807, 2.05) is 0 Å². The highest BCUT2D eigenvalue weighted by molar-refractivity contribution is 5.89.